The van der Waals surface area contributed by atoms with E-state index in [1.54, 1.807) is 16.8 Å². The highest BCUT2D eigenvalue weighted by Gasteiger charge is 2.30. The number of hydroxylamine groups is 1. The minimum atomic E-state index is -0.582. The van der Waals surface area contributed by atoms with E-state index in [4.69, 9.17) is 4.84 Å². The van der Waals surface area contributed by atoms with E-state index in [1.807, 2.05) is 29.2 Å². The molecule has 1 amide bonds. The number of nitrogens with zero attached hydrogens (tertiary/aromatic N) is 4. The molecule has 2 aliphatic heterocycles. The molecule has 6 rings (SSSR count). The average molecular weight is 560 g/mol. The van der Waals surface area contributed by atoms with Gasteiger partial charge in [0.15, 0.2) is 0 Å². The molecule has 2 saturated heterocycles. The van der Waals surface area contributed by atoms with Crippen molar-refractivity contribution in [2.24, 2.45) is 5.92 Å². The first kappa shape index (κ1) is 26.9. The molecule has 0 bridgehead atoms. The smallest absolute Gasteiger partial charge is 0.335 e. The van der Waals surface area contributed by atoms with Crippen molar-refractivity contribution in [1.82, 2.24) is 20.0 Å². The van der Waals surface area contributed by atoms with E-state index >= 15 is 0 Å². The first-order chi connectivity index (χ1) is 20.0. The molecule has 41 heavy (non-hydrogen) atoms. The highest BCUT2D eigenvalue weighted by atomic mass is 19.1. The molecule has 212 valence electrons. The molecule has 4 heterocycles. The molecule has 0 spiro atoms. The van der Waals surface area contributed by atoms with Gasteiger partial charge < -0.3 is 9.74 Å². The fourth-order valence-electron chi connectivity index (χ4n) is 5.90. The van der Waals surface area contributed by atoms with Crippen LogP contribution in [0.2, 0.25) is 0 Å². The van der Waals surface area contributed by atoms with Gasteiger partial charge in [0.1, 0.15) is 11.6 Å². The van der Waals surface area contributed by atoms with Gasteiger partial charge in [-0.2, -0.15) is 10.6 Å². The minimum Gasteiger partial charge on any atom is -0.364 e. The second-order valence-electron chi connectivity index (χ2n) is 10.7. The number of likely N-dealkylation sites (tertiary alicyclic amines) is 1. The number of benzene rings is 2. The minimum absolute atomic E-state index is 0.241. The molecular weight excluding hydrogens is 528 g/mol. The number of hydrogen-bond acceptors (Lipinski definition) is 6. The lowest BCUT2D eigenvalue weighted by atomic mass is 9.97. The number of nitrogens with one attached hydrogen (secondary N) is 1. The van der Waals surface area contributed by atoms with Crippen LogP contribution in [-0.2, 0) is 16.2 Å². The monoisotopic (exact) mass is 559 g/mol. The normalized spacial score (nSPS) is 18.1. The summed E-state index contributed by atoms with van der Waals surface area (Å²) < 4.78 is 30.0. The van der Waals surface area contributed by atoms with Crippen LogP contribution in [0.25, 0.3) is 5.52 Å². The molecule has 0 saturated carbocycles. The number of pyridine rings is 1. The van der Waals surface area contributed by atoms with Crippen molar-refractivity contribution in [1.29, 1.82) is 0 Å². The molecule has 0 aliphatic carbocycles. The highest BCUT2D eigenvalue weighted by molar-refractivity contribution is 6.01. The lowest BCUT2D eigenvalue weighted by Gasteiger charge is -2.30. The van der Waals surface area contributed by atoms with Gasteiger partial charge in [-0.3, -0.25) is 9.69 Å². The summed E-state index contributed by atoms with van der Waals surface area (Å²) in [7, 11) is 0. The lowest BCUT2D eigenvalue weighted by molar-refractivity contribution is -0.155. The Hall–Kier alpha value is -4.31. The average Bonchev–Trinajstić information content (AvgIpc) is 3.65. The SMILES string of the molecule is O=C(NOC(=O)C1CCN(Cc2ccccc2)CC1)c1cnn2ccc(N3CCCC3c3cc(F)ccc3F)cc12. The number of anilines is 1. The molecule has 2 aliphatic rings. The second kappa shape index (κ2) is 11.7. The fraction of sp³-hybridized carbons (Fsp3) is 0.323. The lowest BCUT2D eigenvalue weighted by Crippen LogP contribution is -2.38. The number of rotatable bonds is 6. The van der Waals surface area contributed by atoms with Crippen LogP contribution >= 0.6 is 0 Å². The quantitative estimate of drug-likeness (QED) is 0.333. The molecule has 8 nitrogen and oxygen atoms in total. The van der Waals surface area contributed by atoms with Crippen molar-refractivity contribution in [2.45, 2.75) is 38.3 Å². The van der Waals surface area contributed by atoms with E-state index in [-0.39, 0.29) is 17.5 Å². The van der Waals surface area contributed by atoms with Crippen LogP contribution in [0, 0.1) is 17.6 Å². The summed E-state index contributed by atoms with van der Waals surface area (Å²) in [6.45, 7) is 3.05. The Balaban J connectivity index is 1.09. The zero-order valence-electron chi connectivity index (χ0n) is 22.5. The number of aromatic nitrogens is 2. The topological polar surface area (TPSA) is 79.2 Å². The van der Waals surface area contributed by atoms with E-state index in [0.717, 1.165) is 43.9 Å². The van der Waals surface area contributed by atoms with Gasteiger partial charge in [0, 0.05) is 30.5 Å². The Labute approximate surface area is 236 Å². The second-order valence-corrected chi connectivity index (χ2v) is 10.7. The largest absolute Gasteiger partial charge is 0.364 e. The fourth-order valence-corrected chi connectivity index (χ4v) is 5.90. The van der Waals surface area contributed by atoms with E-state index in [0.29, 0.717) is 36.9 Å². The number of fused-ring (bicyclic) bond motifs is 1. The van der Waals surface area contributed by atoms with E-state index in [2.05, 4.69) is 27.6 Å². The Morgan fingerprint density at radius 2 is 1.78 bits per heavy atom. The molecule has 0 radical (unpaired) electrons. The van der Waals surface area contributed by atoms with E-state index in [1.165, 1.54) is 17.8 Å². The molecule has 2 aromatic heterocycles. The summed E-state index contributed by atoms with van der Waals surface area (Å²) in [6, 6.07) is 17.0. The summed E-state index contributed by atoms with van der Waals surface area (Å²) in [6.07, 6.45) is 5.94. The number of carbonyl (C=O) groups is 2. The van der Waals surface area contributed by atoms with Gasteiger partial charge in [0.05, 0.1) is 29.2 Å². The Morgan fingerprint density at radius 3 is 2.59 bits per heavy atom. The summed E-state index contributed by atoms with van der Waals surface area (Å²) in [4.78, 5) is 35.3. The predicted molar refractivity (Wildman–Crippen MR) is 149 cm³/mol. The van der Waals surface area contributed by atoms with Crippen molar-refractivity contribution < 1.29 is 23.2 Å². The van der Waals surface area contributed by atoms with Crippen LogP contribution in [0.3, 0.4) is 0 Å². The van der Waals surface area contributed by atoms with Crippen molar-refractivity contribution in [3.8, 4) is 0 Å². The van der Waals surface area contributed by atoms with Crippen LogP contribution in [0.5, 0.6) is 0 Å². The molecule has 1 unspecified atom stereocenters. The molecular formula is C31H31F2N5O3. The van der Waals surface area contributed by atoms with Crippen LogP contribution in [0.4, 0.5) is 14.5 Å². The Bertz CT molecular complexity index is 1550. The first-order valence-electron chi connectivity index (χ1n) is 13.9. The third-order valence-electron chi connectivity index (χ3n) is 8.07. The standard InChI is InChI=1S/C31H31F2N5O3/c32-23-8-9-27(33)25(17-23)28-7-4-13-37(28)24-12-16-38-29(18-24)26(19-34-38)30(39)35-41-31(40)22-10-14-36(15-11-22)20-21-5-2-1-3-6-21/h1-3,5-6,8-9,12,16-19,22,28H,4,7,10-11,13-15,20H2,(H,35,39). The number of amides is 1. The van der Waals surface area contributed by atoms with Gasteiger partial charge in [-0.15, -0.1) is 0 Å². The van der Waals surface area contributed by atoms with E-state index < -0.39 is 23.5 Å². The zero-order chi connectivity index (χ0) is 28.3. The van der Waals surface area contributed by atoms with Crippen LogP contribution < -0.4 is 10.4 Å². The van der Waals surface area contributed by atoms with Gasteiger partial charge in [-0.1, -0.05) is 30.3 Å². The number of halogens is 2. The predicted octanol–water partition coefficient (Wildman–Crippen LogP) is 5.05. The number of hydrogen-bond donors (Lipinski definition) is 1. The Kier molecular flexibility index (Phi) is 7.65. The summed E-state index contributed by atoms with van der Waals surface area (Å²) in [5, 5.41) is 4.25. The summed E-state index contributed by atoms with van der Waals surface area (Å²) in [5.41, 5.74) is 5.36. The molecule has 1 N–H and O–H groups in total. The number of carbonyl (C=O) groups excluding carboxylic acids is 2. The van der Waals surface area contributed by atoms with Crippen molar-refractivity contribution in [3.63, 3.8) is 0 Å². The zero-order valence-corrected chi connectivity index (χ0v) is 22.5. The maximum absolute atomic E-state index is 14.6. The number of piperidine rings is 1. The third-order valence-corrected chi connectivity index (χ3v) is 8.07. The summed E-state index contributed by atoms with van der Waals surface area (Å²) in [5.74, 6) is -2.25. The van der Waals surface area contributed by atoms with Crippen LogP contribution in [0.15, 0.2) is 73.1 Å². The van der Waals surface area contributed by atoms with Gasteiger partial charge in [0.2, 0.25) is 0 Å². The van der Waals surface area contributed by atoms with Crippen molar-refractivity contribution in [3.05, 3.63) is 101 Å². The van der Waals surface area contributed by atoms with E-state index in [9.17, 15) is 18.4 Å². The van der Waals surface area contributed by atoms with Crippen molar-refractivity contribution >= 4 is 23.1 Å². The maximum Gasteiger partial charge on any atom is 0.335 e. The first-order valence-corrected chi connectivity index (χ1v) is 13.9. The molecule has 10 heteroatoms. The van der Waals surface area contributed by atoms with Gasteiger partial charge in [-0.05, 0) is 74.7 Å². The van der Waals surface area contributed by atoms with Crippen LogP contribution in [-0.4, -0.2) is 46.0 Å². The van der Waals surface area contributed by atoms with Crippen molar-refractivity contribution in [2.75, 3.05) is 24.5 Å². The Morgan fingerprint density at radius 1 is 0.976 bits per heavy atom. The molecule has 2 aromatic carbocycles. The van der Waals surface area contributed by atoms with Gasteiger partial charge >= 0.3 is 5.97 Å². The highest BCUT2D eigenvalue weighted by Crippen LogP contribution is 2.38. The molecule has 2 fully saturated rings. The van der Waals surface area contributed by atoms with Gasteiger partial charge in [0.25, 0.3) is 5.91 Å². The summed E-state index contributed by atoms with van der Waals surface area (Å²) >= 11 is 0. The maximum atomic E-state index is 14.6. The van der Waals surface area contributed by atoms with Crippen LogP contribution in [0.1, 0.15) is 53.2 Å². The van der Waals surface area contributed by atoms with Gasteiger partial charge in [-0.25, -0.2) is 18.1 Å². The molecule has 4 aromatic rings. The third kappa shape index (κ3) is 5.78. The molecule has 1 atom stereocenters.